The lowest BCUT2D eigenvalue weighted by Crippen LogP contribution is -2.18. The summed E-state index contributed by atoms with van der Waals surface area (Å²) < 4.78 is 0. The second-order valence-electron chi connectivity index (χ2n) is 5.77. The molecule has 1 aromatic rings. The SMILES string of the molecule is CC1(C)C(C(=O)Nc2ccc(O)cn2)C1(C)C. The van der Waals surface area contributed by atoms with Crippen LogP contribution in [0.3, 0.4) is 0 Å². The fourth-order valence-electron chi connectivity index (χ4n) is 2.51. The van der Waals surface area contributed by atoms with Crippen molar-refractivity contribution in [2.45, 2.75) is 27.7 Å². The van der Waals surface area contributed by atoms with E-state index in [4.69, 9.17) is 5.11 Å². The first-order valence-electron chi connectivity index (χ1n) is 5.72. The number of carbonyl (C=O) groups excluding carboxylic acids is 1. The Balaban J connectivity index is 2.07. The molecule has 1 heterocycles. The Morgan fingerprint density at radius 2 is 1.88 bits per heavy atom. The van der Waals surface area contributed by atoms with Crippen LogP contribution in [0.4, 0.5) is 5.82 Å². The molecule has 17 heavy (non-hydrogen) atoms. The van der Waals surface area contributed by atoms with Crippen LogP contribution in [0.1, 0.15) is 27.7 Å². The van der Waals surface area contributed by atoms with Crippen molar-refractivity contribution in [1.82, 2.24) is 4.98 Å². The number of aromatic nitrogens is 1. The number of amides is 1. The summed E-state index contributed by atoms with van der Waals surface area (Å²) in [5.74, 6) is 0.574. The van der Waals surface area contributed by atoms with E-state index in [2.05, 4.69) is 38.0 Å². The minimum atomic E-state index is -0.00168. The van der Waals surface area contributed by atoms with Gasteiger partial charge in [0.1, 0.15) is 11.6 Å². The maximum Gasteiger partial charge on any atom is 0.229 e. The van der Waals surface area contributed by atoms with Gasteiger partial charge < -0.3 is 10.4 Å². The zero-order chi connectivity index (χ0) is 12.8. The zero-order valence-corrected chi connectivity index (χ0v) is 10.6. The van der Waals surface area contributed by atoms with E-state index in [9.17, 15) is 4.79 Å². The maximum absolute atomic E-state index is 12.1. The largest absolute Gasteiger partial charge is 0.506 e. The van der Waals surface area contributed by atoms with Gasteiger partial charge in [-0.1, -0.05) is 27.7 Å². The van der Waals surface area contributed by atoms with E-state index in [1.54, 1.807) is 6.07 Å². The van der Waals surface area contributed by atoms with Crippen LogP contribution in [0, 0.1) is 16.7 Å². The molecule has 0 unspecified atom stereocenters. The number of nitrogens with one attached hydrogen (secondary N) is 1. The molecule has 0 saturated heterocycles. The Kier molecular flexibility index (Phi) is 2.42. The van der Waals surface area contributed by atoms with Crippen LogP contribution in [0.5, 0.6) is 5.75 Å². The highest BCUT2D eigenvalue weighted by Gasteiger charge is 2.68. The first-order chi connectivity index (χ1) is 7.76. The molecule has 4 nitrogen and oxygen atoms in total. The molecule has 2 rings (SSSR count). The number of pyridine rings is 1. The van der Waals surface area contributed by atoms with Crippen molar-refractivity contribution in [1.29, 1.82) is 0 Å². The molecule has 0 bridgehead atoms. The van der Waals surface area contributed by atoms with Gasteiger partial charge in [0.15, 0.2) is 0 Å². The normalized spacial score (nSPS) is 20.9. The van der Waals surface area contributed by atoms with Crippen molar-refractivity contribution in [2.75, 3.05) is 5.32 Å². The molecule has 4 heteroatoms. The molecule has 1 amide bonds. The summed E-state index contributed by atoms with van der Waals surface area (Å²) in [6.07, 6.45) is 1.32. The van der Waals surface area contributed by atoms with Crippen molar-refractivity contribution in [2.24, 2.45) is 16.7 Å². The van der Waals surface area contributed by atoms with Gasteiger partial charge in [-0.25, -0.2) is 4.98 Å². The molecule has 0 radical (unpaired) electrons. The molecule has 0 aromatic carbocycles. The molecule has 1 aliphatic carbocycles. The van der Waals surface area contributed by atoms with E-state index < -0.39 is 0 Å². The number of rotatable bonds is 2. The van der Waals surface area contributed by atoms with Crippen LogP contribution in [-0.2, 0) is 4.79 Å². The van der Waals surface area contributed by atoms with Crippen LogP contribution in [-0.4, -0.2) is 16.0 Å². The molecule has 1 saturated carbocycles. The van der Waals surface area contributed by atoms with Gasteiger partial charge in [-0.15, -0.1) is 0 Å². The minimum Gasteiger partial charge on any atom is -0.506 e. The first-order valence-corrected chi connectivity index (χ1v) is 5.72. The summed E-state index contributed by atoms with van der Waals surface area (Å²) in [4.78, 5) is 16.0. The van der Waals surface area contributed by atoms with Crippen molar-refractivity contribution < 1.29 is 9.90 Å². The maximum atomic E-state index is 12.1. The summed E-state index contributed by atoms with van der Waals surface area (Å²) in [6, 6.07) is 3.10. The number of hydrogen-bond acceptors (Lipinski definition) is 3. The van der Waals surface area contributed by atoms with Crippen LogP contribution in [0.15, 0.2) is 18.3 Å². The predicted octanol–water partition coefficient (Wildman–Crippen LogP) is 2.41. The fourth-order valence-corrected chi connectivity index (χ4v) is 2.51. The summed E-state index contributed by atoms with van der Waals surface area (Å²) in [5, 5.41) is 11.9. The van der Waals surface area contributed by atoms with Gasteiger partial charge in [0, 0.05) is 5.92 Å². The van der Waals surface area contributed by atoms with Gasteiger partial charge in [0.25, 0.3) is 0 Å². The number of carbonyl (C=O) groups is 1. The van der Waals surface area contributed by atoms with E-state index in [0.29, 0.717) is 5.82 Å². The first kappa shape index (κ1) is 11.9. The summed E-state index contributed by atoms with van der Waals surface area (Å²) in [7, 11) is 0. The monoisotopic (exact) mass is 234 g/mol. The molecule has 1 fully saturated rings. The third-order valence-electron chi connectivity index (χ3n) is 4.28. The van der Waals surface area contributed by atoms with Crippen LogP contribution in [0.25, 0.3) is 0 Å². The second-order valence-corrected chi connectivity index (χ2v) is 5.77. The van der Waals surface area contributed by atoms with E-state index in [-0.39, 0.29) is 28.4 Å². The van der Waals surface area contributed by atoms with Crippen LogP contribution in [0.2, 0.25) is 0 Å². The van der Waals surface area contributed by atoms with Gasteiger partial charge in [-0.2, -0.15) is 0 Å². The van der Waals surface area contributed by atoms with Crippen molar-refractivity contribution in [3.8, 4) is 5.75 Å². The van der Waals surface area contributed by atoms with Gasteiger partial charge in [0.05, 0.1) is 6.20 Å². The summed E-state index contributed by atoms with van der Waals surface area (Å²) in [6.45, 7) is 8.39. The molecule has 1 aromatic heterocycles. The highest BCUT2D eigenvalue weighted by Crippen LogP contribution is 2.68. The smallest absolute Gasteiger partial charge is 0.229 e. The molecule has 0 aliphatic heterocycles. The van der Waals surface area contributed by atoms with Crippen molar-refractivity contribution >= 4 is 11.7 Å². The third kappa shape index (κ3) is 1.77. The number of anilines is 1. The average molecular weight is 234 g/mol. The Bertz CT molecular complexity index is 435. The zero-order valence-electron chi connectivity index (χ0n) is 10.6. The number of hydrogen-bond donors (Lipinski definition) is 2. The highest BCUT2D eigenvalue weighted by atomic mass is 16.3. The average Bonchev–Trinajstić information content (AvgIpc) is 2.61. The second kappa shape index (κ2) is 3.45. The fraction of sp³-hybridized carbons (Fsp3) is 0.538. The molecule has 92 valence electrons. The Hall–Kier alpha value is -1.58. The lowest BCUT2D eigenvalue weighted by atomic mass is 10.0. The lowest BCUT2D eigenvalue weighted by molar-refractivity contribution is -0.118. The van der Waals surface area contributed by atoms with Gasteiger partial charge in [-0.05, 0) is 23.0 Å². The Morgan fingerprint density at radius 3 is 2.29 bits per heavy atom. The molecule has 0 atom stereocenters. The molecule has 2 N–H and O–H groups in total. The van der Waals surface area contributed by atoms with Gasteiger partial charge in [0.2, 0.25) is 5.91 Å². The molecule has 0 spiro atoms. The topological polar surface area (TPSA) is 62.2 Å². The Morgan fingerprint density at radius 1 is 1.29 bits per heavy atom. The van der Waals surface area contributed by atoms with E-state index in [1.807, 2.05) is 0 Å². The van der Waals surface area contributed by atoms with E-state index in [0.717, 1.165) is 0 Å². The Labute approximate surface area is 101 Å². The van der Waals surface area contributed by atoms with E-state index in [1.165, 1.54) is 12.3 Å². The molecular weight excluding hydrogens is 216 g/mol. The highest BCUT2D eigenvalue weighted by molar-refractivity contribution is 5.95. The van der Waals surface area contributed by atoms with E-state index >= 15 is 0 Å². The van der Waals surface area contributed by atoms with Crippen LogP contribution < -0.4 is 5.32 Å². The standard InChI is InChI=1S/C13H18N2O2/c1-12(2)10(13(12,3)4)11(17)15-9-6-5-8(16)7-14-9/h5-7,10,16H,1-4H3,(H,14,15,17). The quantitative estimate of drug-likeness (QED) is 0.826. The van der Waals surface area contributed by atoms with Crippen LogP contribution >= 0.6 is 0 Å². The van der Waals surface area contributed by atoms with Crippen molar-refractivity contribution in [3.05, 3.63) is 18.3 Å². The third-order valence-corrected chi connectivity index (χ3v) is 4.28. The van der Waals surface area contributed by atoms with Gasteiger partial charge in [-0.3, -0.25) is 4.79 Å². The molecular formula is C13H18N2O2. The summed E-state index contributed by atoms with van der Waals surface area (Å²) >= 11 is 0. The van der Waals surface area contributed by atoms with Crippen molar-refractivity contribution in [3.63, 3.8) is 0 Å². The predicted molar refractivity (Wildman–Crippen MR) is 65.6 cm³/mol. The summed E-state index contributed by atoms with van der Waals surface area (Å²) in [5.41, 5.74) is 0.0437. The lowest BCUT2D eigenvalue weighted by Gasteiger charge is -2.05. The minimum absolute atomic E-state index is 0.00168. The number of nitrogens with zero attached hydrogens (tertiary/aromatic N) is 1. The number of aromatic hydroxyl groups is 1. The molecule has 1 aliphatic rings. The van der Waals surface area contributed by atoms with Gasteiger partial charge >= 0.3 is 0 Å².